The van der Waals surface area contributed by atoms with Crippen LogP contribution in [0, 0.1) is 27.7 Å². The van der Waals surface area contributed by atoms with Gasteiger partial charge in [0.15, 0.2) is 0 Å². The second-order valence-corrected chi connectivity index (χ2v) is 5.49. The van der Waals surface area contributed by atoms with Gasteiger partial charge >= 0.3 is 5.69 Å². The highest BCUT2D eigenvalue weighted by Gasteiger charge is 2.26. The Balaban J connectivity index is 3.22. The van der Waals surface area contributed by atoms with Crippen LogP contribution in [0.15, 0.2) is 12.1 Å². The molecule has 1 aromatic rings. The van der Waals surface area contributed by atoms with Crippen LogP contribution in [0.5, 0.6) is 0 Å². The molecule has 0 saturated carbocycles. The summed E-state index contributed by atoms with van der Waals surface area (Å²) in [6.45, 7) is 7.71. The van der Waals surface area contributed by atoms with Crippen LogP contribution in [0.25, 0.3) is 0 Å². The summed E-state index contributed by atoms with van der Waals surface area (Å²) in [5.41, 5.74) is -1.48. The molecule has 116 valence electrons. The monoisotopic (exact) mass is 300 g/mol. The smallest absolute Gasteiger partial charge is 0.307 e. The first kappa shape index (κ1) is 17.0. The fourth-order valence-corrected chi connectivity index (χ4v) is 1.92. The Morgan fingerprint density at radius 2 is 1.81 bits per heavy atom. The van der Waals surface area contributed by atoms with Gasteiger partial charge in [-0.2, -0.15) is 4.39 Å². The largest absolute Gasteiger partial charge is 0.336 e. The predicted octanol–water partition coefficient (Wildman–Crippen LogP) is 3.38. The van der Waals surface area contributed by atoms with Gasteiger partial charge < -0.3 is 4.90 Å². The Morgan fingerprint density at radius 3 is 2.24 bits per heavy atom. The third-order valence-electron chi connectivity index (χ3n) is 2.91. The molecule has 0 radical (unpaired) electrons. The van der Waals surface area contributed by atoms with E-state index in [-0.39, 0.29) is 12.0 Å². The van der Waals surface area contributed by atoms with E-state index in [1.165, 1.54) is 4.90 Å². The zero-order valence-electron chi connectivity index (χ0n) is 12.4. The maximum absolute atomic E-state index is 13.9. The van der Waals surface area contributed by atoms with Gasteiger partial charge in [0.2, 0.25) is 5.82 Å². The minimum absolute atomic E-state index is 0.155. The van der Waals surface area contributed by atoms with Gasteiger partial charge in [0.05, 0.1) is 16.6 Å². The van der Waals surface area contributed by atoms with Crippen molar-refractivity contribution in [3.63, 3.8) is 0 Å². The Kier molecular flexibility index (Phi) is 5.34. The van der Waals surface area contributed by atoms with E-state index in [1.807, 2.05) is 13.8 Å². The van der Waals surface area contributed by atoms with Crippen LogP contribution >= 0.6 is 0 Å². The fraction of sp³-hybridized carbons (Fsp3) is 0.500. The molecule has 0 aliphatic heterocycles. The molecule has 0 aromatic heterocycles. The summed E-state index contributed by atoms with van der Waals surface area (Å²) in [6.07, 6.45) is 0. The molecule has 0 saturated heterocycles. The van der Waals surface area contributed by atoms with Gasteiger partial charge in [-0.25, -0.2) is 4.39 Å². The molecule has 0 aliphatic carbocycles. The highest BCUT2D eigenvalue weighted by Crippen LogP contribution is 2.23. The number of hydrogen-bond donors (Lipinski definition) is 0. The van der Waals surface area contributed by atoms with Crippen molar-refractivity contribution in [1.29, 1.82) is 0 Å². The van der Waals surface area contributed by atoms with E-state index in [4.69, 9.17) is 0 Å². The lowest BCUT2D eigenvalue weighted by Gasteiger charge is -2.28. The van der Waals surface area contributed by atoms with Crippen molar-refractivity contribution >= 4 is 11.6 Å². The fourth-order valence-electron chi connectivity index (χ4n) is 1.92. The van der Waals surface area contributed by atoms with E-state index < -0.39 is 33.7 Å². The Morgan fingerprint density at radius 1 is 1.24 bits per heavy atom. The molecular formula is C14H18F2N2O3. The molecule has 1 rings (SSSR count). The second-order valence-electron chi connectivity index (χ2n) is 5.49. The van der Waals surface area contributed by atoms with Crippen molar-refractivity contribution in [3.8, 4) is 0 Å². The zero-order chi connectivity index (χ0) is 16.3. The van der Waals surface area contributed by atoms with Gasteiger partial charge in [-0.05, 0) is 25.8 Å². The third kappa shape index (κ3) is 3.96. The van der Waals surface area contributed by atoms with Crippen LogP contribution in [0.2, 0.25) is 0 Å². The van der Waals surface area contributed by atoms with Crippen LogP contribution in [-0.2, 0) is 0 Å². The maximum atomic E-state index is 13.9. The number of nitro groups is 1. The maximum Gasteiger partial charge on any atom is 0.307 e. The number of nitrogens with zero attached hydrogens (tertiary/aromatic N) is 2. The van der Waals surface area contributed by atoms with E-state index in [0.29, 0.717) is 18.7 Å². The molecule has 0 heterocycles. The van der Waals surface area contributed by atoms with E-state index >= 15 is 0 Å². The molecule has 0 fully saturated rings. The number of rotatable bonds is 5. The summed E-state index contributed by atoms with van der Waals surface area (Å²) in [4.78, 5) is 23.3. The number of amides is 1. The molecule has 1 aromatic carbocycles. The van der Waals surface area contributed by atoms with E-state index in [9.17, 15) is 23.7 Å². The average molecular weight is 300 g/mol. The van der Waals surface area contributed by atoms with Gasteiger partial charge in [-0.15, -0.1) is 0 Å². The average Bonchev–Trinajstić information content (AvgIpc) is 2.36. The summed E-state index contributed by atoms with van der Waals surface area (Å²) >= 11 is 0. The van der Waals surface area contributed by atoms with Crippen molar-refractivity contribution in [2.45, 2.75) is 33.7 Å². The number of halogens is 2. The van der Waals surface area contributed by atoms with E-state index in [1.54, 1.807) is 13.8 Å². The minimum atomic E-state index is -1.22. The minimum Gasteiger partial charge on any atom is -0.336 e. The Bertz CT molecular complexity index is 559. The summed E-state index contributed by atoms with van der Waals surface area (Å²) in [5, 5.41) is 10.5. The lowest BCUT2D eigenvalue weighted by molar-refractivity contribution is -0.387. The second kappa shape index (κ2) is 6.60. The van der Waals surface area contributed by atoms with Gasteiger partial charge in [0, 0.05) is 12.6 Å². The molecule has 1 amide bonds. The van der Waals surface area contributed by atoms with E-state index in [2.05, 4.69) is 0 Å². The van der Waals surface area contributed by atoms with Crippen molar-refractivity contribution in [2.75, 3.05) is 6.54 Å². The van der Waals surface area contributed by atoms with Crippen LogP contribution < -0.4 is 0 Å². The SMILES string of the molecule is CC(C)CN(C(=O)c1cc(F)c([N+](=O)[O-])cc1F)C(C)C. The van der Waals surface area contributed by atoms with Gasteiger partial charge in [-0.1, -0.05) is 13.8 Å². The first-order chi connectivity index (χ1) is 9.65. The van der Waals surface area contributed by atoms with Crippen molar-refractivity contribution in [3.05, 3.63) is 39.4 Å². The molecule has 7 heteroatoms. The van der Waals surface area contributed by atoms with Crippen LogP contribution in [0.3, 0.4) is 0 Å². The van der Waals surface area contributed by atoms with Gasteiger partial charge in [0.25, 0.3) is 5.91 Å². The molecule has 0 atom stereocenters. The summed E-state index contributed by atoms with van der Waals surface area (Å²) in [6, 6.07) is 0.833. The lowest BCUT2D eigenvalue weighted by Crippen LogP contribution is -2.40. The van der Waals surface area contributed by atoms with Crippen molar-refractivity contribution in [2.24, 2.45) is 5.92 Å². The molecule has 0 bridgehead atoms. The Hall–Kier alpha value is -2.05. The van der Waals surface area contributed by atoms with Crippen molar-refractivity contribution < 1.29 is 18.5 Å². The molecule has 5 nitrogen and oxygen atoms in total. The predicted molar refractivity (Wildman–Crippen MR) is 74.0 cm³/mol. The van der Waals surface area contributed by atoms with Gasteiger partial charge in [0.1, 0.15) is 5.82 Å². The number of nitro benzene ring substituents is 1. The number of hydrogen-bond acceptors (Lipinski definition) is 3. The Labute approximate surface area is 121 Å². The van der Waals surface area contributed by atoms with Crippen molar-refractivity contribution in [1.82, 2.24) is 4.90 Å². The highest BCUT2D eigenvalue weighted by molar-refractivity contribution is 5.95. The van der Waals surface area contributed by atoms with Crippen LogP contribution in [0.1, 0.15) is 38.1 Å². The molecule has 0 unspecified atom stereocenters. The number of carbonyl (C=O) groups is 1. The lowest BCUT2D eigenvalue weighted by atomic mass is 10.1. The molecule has 0 N–H and O–H groups in total. The first-order valence-corrected chi connectivity index (χ1v) is 6.59. The summed E-state index contributed by atoms with van der Waals surface area (Å²) < 4.78 is 27.5. The summed E-state index contributed by atoms with van der Waals surface area (Å²) in [5.74, 6) is -2.84. The van der Waals surface area contributed by atoms with Gasteiger partial charge in [-0.3, -0.25) is 14.9 Å². The first-order valence-electron chi connectivity index (χ1n) is 6.59. The summed E-state index contributed by atoms with van der Waals surface area (Å²) in [7, 11) is 0. The molecule has 0 aliphatic rings. The number of carbonyl (C=O) groups excluding carboxylic acids is 1. The standard InChI is InChI=1S/C14H18F2N2O3/c1-8(2)7-17(9(3)4)14(19)10-5-12(16)13(18(20)21)6-11(10)15/h5-6,8-9H,7H2,1-4H3. The molecule has 0 spiro atoms. The van der Waals surface area contributed by atoms with E-state index in [0.717, 1.165) is 0 Å². The molecule has 21 heavy (non-hydrogen) atoms. The van der Waals surface area contributed by atoms with Crippen LogP contribution in [-0.4, -0.2) is 28.3 Å². The topological polar surface area (TPSA) is 63.5 Å². The number of benzene rings is 1. The zero-order valence-corrected chi connectivity index (χ0v) is 12.4. The quantitative estimate of drug-likeness (QED) is 0.618. The molecular weight excluding hydrogens is 282 g/mol. The third-order valence-corrected chi connectivity index (χ3v) is 2.91. The normalized spacial score (nSPS) is 11.0. The van der Waals surface area contributed by atoms with Crippen LogP contribution in [0.4, 0.5) is 14.5 Å². The highest BCUT2D eigenvalue weighted by atomic mass is 19.1.